The quantitative estimate of drug-likeness (QED) is 0.224. The highest BCUT2D eigenvalue weighted by Crippen LogP contribution is 2.29. The Morgan fingerprint density at radius 1 is 1.11 bits per heavy atom. The van der Waals surface area contributed by atoms with Crippen LogP contribution in [0, 0.1) is 3.57 Å². The molecule has 3 aromatic heterocycles. The molecular weight excluding hydrogens is 489 g/mol. The van der Waals surface area contributed by atoms with Crippen LogP contribution in [0.5, 0.6) is 0 Å². The Labute approximate surface area is 180 Å². The number of imidazole rings is 1. The van der Waals surface area contributed by atoms with Crippen LogP contribution >= 0.6 is 22.6 Å². The number of ether oxygens (including phenoxy) is 1. The van der Waals surface area contributed by atoms with E-state index in [4.69, 9.17) is 4.74 Å². The first-order chi connectivity index (χ1) is 13.2. The van der Waals surface area contributed by atoms with E-state index in [0.29, 0.717) is 5.69 Å². The Morgan fingerprint density at radius 3 is 2.64 bits per heavy atom. The van der Waals surface area contributed by atoms with Crippen molar-refractivity contribution in [3.8, 4) is 5.69 Å². The van der Waals surface area contributed by atoms with Crippen LogP contribution in [-0.4, -0.2) is 22.5 Å². The van der Waals surface area contributed by atoms with Crippen LogP contribution in [0.1, 0.15) is 10.5 Å². The molecular formula is C21H15ClIN3O2. The molecule has 5 aromatic rings. The Kier molecular flexibility index (Phi) is 4.76. The number of fused-ring (bicyclic) bond motifs is 5. The number of nitrogens with zero attached hydrogens (tertiary/aromatic N) is 2. The number of carbonyl (C=O) groups excluding carboxylic acids is 1. The number of hydrogen-bond donors (Lipinski definition) is 1. The number of rotatable bonds is 2. The van der Waals surface area contributed by atoms with Crippen molar-refractivity contribution >= 4 is 55.9 Å². The van der Waals surface area contributed by atoms with E-state index in [1.165, 1.54) is 7.11 Å². The summed E-state index contributed by atoms with van der Waals surface area (Å²) in [6, 6.07) is 18.1. The van der Waals surface area contributed by atoms with Crippen molar-refractivity contribution in [3.63, 3.8) is 0 Å². The van der Waals surface area contributed by atoms with Gasteiger partial charge in [-0.3, -0.25) is 0 Å². The summed E-state index contributed by atoms with van der Waals surface area (Å²) in [6.07, 6.45) is 3.96. The number of halogens is 2. The molecule has 0 bridgehead atoms. The minimum absolute atomic E-state index is 0. The van der Waals surface area contributed by atoms with Gasteiger partial charge in [-0.15, -0.1) is 0 Å². The molecule has 0 amide bonds. The molecule has 28 heavy (non-hydrogen) atoms. The summed E-state index contributed by atoms with van der Waals surface area (Å²) in [6.45, 7) is 0. The fraction of sp³-hybridized carbons (Fsp3) is 0.0476. The van der Waals surface area contributed by atoms with Crippen LogP contribution in [-0.2, 0) is 4.74 Å². The van der Waals surface area contributed by atoms with Gasteiger partial charge in [0, 0.05) is 22.4 Å². The maximum atomic E-state index is 12.5. The van der Waals surface area contributed by atoms with E-state index < -0.39 is 0 Å². The van der Waals surface area contributed by atoms with Crippen LogP contribution < -0.4 is 17.0 Å². The van der Waals surface area contributed by atoms with E-state index in [0.717, 1.165) is 36.6 Å². The standard InChI is InChI=1S/C21H14IN3O2.ClH/c1-27-21(26)18-10-14-13-6-2-4-8-16(13)23-20(14)19-11-24(12-25(18)19)17-9-5-3-7-15(17)22;/h2-12H,1H3;1H. The lowest BCUT2D eigenvalue weighted by molar-refractivity contribution is -0.594. The predicted molar refractivity (Wildman–Crippen MR) is 112 cm³/mol. The van der Waals surface area contributed by atoms with E-state index in [1.54, 1.807) is 0 Å². The second-order valence-corrected chi connectivity index (χ2v) is 7.50. The van der Waals surface area contributed by atoms with Crippen LogP contribution in [0.2, 0.25) is 0 Å². The van der Waals surface area contributed by atoms with Gasteiger partial charge in [0.15, 0.2) is 5.52 Å². The molecule has 5 rings (SSSR count). The molecule has 5 nitrogen and oxygen atoms in total. The number of carbonyl (C=O) groups is 1. The molecule has 1 N–H and O–H groups in total. The van der Waals surface area contributed by atoms with Crippen molar-refractivity contribution in [2.75, 3.05) is 7.11 Å². The molecule has 0 spiro atoms. The highest BCUT2D eigenvalue weighted by molar-refractivity contribution is 14.1. The van der Waals surface area contributed by atoms with Gasteiger partial charge >= 0.3 is 5.97 Å². The van der Waals surface area contributed by atoms with Crippen molar-refractivity contribution in [2.45, 2.75) is 0 Å². The zero-order valence-corrected chi connectivity index (χ0v) is 17.7. The number of esters is 1. The highest BCUT2D eigenvalue weighted by Gasteiger charge is 2.24. The van der Waals surface area contributed by atoms with Gasteiger partial charge in [0.05, 0.1) is 16.2 Å². The van der Waals surface area contributed by atoms with Gasteiger partial charge in [0.2, 0.25) is 5.69 Å². The summed E-state index contributed by atoms with van der Waals surface area (Å²) >= 11 is 2.32. The third-order valence-corrected chi connectivity index (χ3v) is 5.74. The smallest absolute Gasteiger partial charge is 0.378 e. The predicted octanol–water partition coefficient (Wildman–Crippen LogP) is 1.25. The zero-order valence-electron chi connectivity index (χ0n) is 14.8. The summed E-state index contributed by atoms with van der Waals surface area (Å²) in [5.74, 6) is -0.363. The van der Waals surface area contributed by atoms with Gasteiger partial charge in [-0.1, -0.05) is 30.3 Å². The van der Waals surface area contributed by atoms with Crippen LogP contribution in [0.25, 0.3) is 33.0 Å². The van der Waals surface area contributed by atoms with Crippen LogP contribution in [0.15, 0.2) is 67.1 Å². The lowest BCUT2D eigenvalue weighted by Gasteiger charge is -2.00. The average molecular weight is 504 g/mol. The number of nitrogens with one attached hydrogen (secondary N) is 1. The minimum atomic E-state index is -0.363. The SMILES string of the molecule is COC(=O)c1cc2c3ccccc3[nH]c2c2c[n+](-c3ccccc3I)cn12.[Cl-]. The van der Waals surface area contributed by atoms with Crippen molar-refractivity contribution in [2.24, 2.45) is 0 Å². The molecule has 2 aromatic carbocycles. The lowest BCUT2D eigenvalue weighted by Crippen LogP contribution is -3.00. The fourth-order valence-electron chi connectivity index (χ4n) is 3.57. The summed E-state index contributed by atoms with van der Waals surface area (Å²) in [7, 11) is 1.41. The summed E-state index contributed by atoms with van der Waals surface area (Å²) < 4.78 is 10.1. The molecule has 0 fully saturated rings. The molecule has 140 valence electrons. The van der Waals surface area contributed by atoms with Gasteiger partial charge in [0.25, 0.3) is 6.33 Å². The lowest BCUT2D eigenvalue weighted by atomic mass is 10.1. The molecule has 0 aliphatic rings. The van der Waals surface area contributed by atoms with E-state index >= 15 is 0 Å². The Morgan fingerprint density at radius 2 is 1.86 bits per heavy atom. The first-order valence-electron chi connectivity index (χ1n) is 8.47. The number of methoxy groups -OCH3 is 1. The van der Waals surface area contributed by atoms with E-state index in [1.807, 2.05) is 57.9 Å². The molecule has 3 heterocycles. The first-order valence-corrected chi connectivity index (χ1v) is 9.55. The Bertz CT molecular complexity index is 1360. The maximum Gasteiger partial charge on any atom is 0.378 e. The molecule has 0 aliphatic heterocycles. The number of hydrogen-bond acceptors (Lipinski definition) is 2. The van der Waals surface area contributed by atoms with Crippen LogP contribution in [0.3, 0.4) is 0 Å². The number of pyridine rings is 1. The van der Waals surface area contributed by atoms with Gasteiger partial charge in [-0.2, -0.15) is 4.40 Å². The molecule has 0 saturated heterocycles. The molecule has 7 heteroatoms. The highest BCUT2D eigenvalue weighted by atomic mass is 127. The largest absolute Gasteiger partial charge is 1.00 e. The van der Waals surface area contributed by atoms with E-state index in [-0.39, 0.29) is 18.4 Å². The average Bonchev–Trinajstić information content (AvgIpc) is 3.28. The van der Waals surface area contributed by atoms with Crippen LogP contribution in [0.4, 0.5) is 0 Å². The van der Waals surface area contributed by atoms with Crippen molar-refractivity contribution < 1.29 is 26.5 Å². The normalized spacial score (nSPS) is 11.1. The second-order valence-electron chi connectivity index (χ2n) is 6.34. The monoisotopic (exact) mass is 503 g/mol. The molecule has 0 aliphatic carbocycles. The van der Waals surface area contributed by atoms with Gasteiger partial charge in [-0.25, -0.2) is 9.36 Å². The fourth-order valence-corrected chi connectivity index (χ4v) is 4.23. The minimum Gasteiger partial charge on any atom is -1.00 e. The summed E-state index contributed by atoms with van der Waals surface area (Å²) in [4.78, 5) is 16.0. The van der Waals surface area contributed by atoms with Crippen molar-refractivity contribution in [1.82, 2.24) is 9.38 Å². The third kappa shape index (κ3) is 2.75. The van der Waals surface area contributed by atoms with E-state index in [2.05, 4.69) is 45.8 Å². The summed E-state index contributed by atoms with van der Waals surface area (Å²) in [5, 5.41) is 2.09. The first kappa shape index (κ1) is 18.8. The van der Waals surface area contributed by atoms with E-state index in [9.17, 15) is 4.79 Å². The number of aromatic amines is 1. The maximum absolute atomic E-state index is 12.5. The number of benzene rings is 2. The zero-order chi connectivity index (χ0) is 18.5. The van der Waals surface area contributed by atoms with Crippen molar-refractivity contribution in [3.05, 3.63) is 76.4 Å². The molecule has 0 unspecified atom stereocenters. The molecule has 0 atom stereocenters. The second kappa shape index (κ2) is 7.10. The number of H-pyrrole nitrogens is 1. The number of aromatic nitrogens is 3. The Balaban J connectivity index is 0.00000192. The summed E-state index contributed by atoms with van der Waals surface area (Å²) in [5.41, 5.74) is 4.51. The van der Waals surface area contributed by atoms with Gasteiger partial charge in [-0.05, 0) is 40.8 Å². The molecule has 0 radical (unpaired) electrons. The molecule has 0 saturated carbocycles. The number of para-hydroxylation sites is 2. The van der Waals surface area contributed by atoms with Gasteiger partial charge < -0.3 is 22.1 Å². The van der Waals surface area contributed by atoms with Gasteiger partial charge in [0.1, 0.15) is 11.9 Å². The van der Waals surface area contributed by atoms with Crippen molar-refractivity contribution in [1.29, 1.82) is 0 Å². The topological polar surface area (TPSA) is 50.4 Å². The third-order valence-electron chi connectivity index (χ3n) is 4.83. The Hall–Kier alpha value is -2.58.